The van der Waals surface area contributed by atoms with E-state index in [1.807, 2.05) is 0 Å². The van der Waals surface area contributed by atoms with Gasteiger partial charge in [-0.25, -0.2) is 9.59 Å². The Balaban J connectivity index is 2.74. The quantitative estimate of drug-likeness (QED) is 0.751. The lowest BCUT2D eigenvalue weighted by atomic mass is 10.1. The maximum atomic E-state index is 12.0. The van der Waals surface area contributed by atoms with Crippen molar-refractivity contribution in [2.24, 2.45) is 0 Å². The van der Waals surface area contributed by atoms with Crippen LogP contribution in [0.3, 0.4) is 0 Å². The lowest BCUT2D eigenvalue weighted by molar-refractivity contribution is -0.142. The van der Waals surface area contributed by atoms with Gasteiger partial charge in [0.15, 0.2) is 0 Å². The van der Waals surface area contributed by atoms with Gasteiger partial charge in [0.1, 0.15) is 6.04 Å². The summed E-state index contributed by atoms with van der Waals surface area (Å²) in [6.07, 6.45) is 3.14. The summed E-state index contributed by atoms with van der Waals surface area (Å²) in [6, 6.07) is -1.04. The van der Waals surface area contributed by atoms with Crippen molar-refractivity contribution in [3.63, 3.8) is 0 Å². The van der Waals surface area contributed by atoms with Crippen LogP contribution >= 0.6 is 0 Å². The first-order valence-corrected chi connectivity index (χ1v) is 5.93. The predicted octanol–water partition coefficient (Wildman–Crippen LogP) is 0.360. The Bertz CT molecular complexity index is 283. The van der Waals surface area contributed by atoms with Crippen LogP contribution < -0.4 is 0 Å². The van der Waals surface area contributed by atoms with Gasteiger partial charge in [-0.15, -0.1) is 0 Å². The van der Waals surface area contributed by atoms with E-state index in [1.54, 1.807) is 7.05 Å². The minimum absolute atomic E-state index is 0.117. The average Bonchev–Trinajstić information content (AvgIpc) is 2.53. The van der Waals surface area contributed by atoms with E-state index in [4.69, 9.17) is 10.2 Å². The number of likely N-dealkylation sites (N-methyl/N-ethyl adjacent to an activating group) is 1. The molecular formula is C11H20N2O4. The molecule has 17 heavy (non-hydrogen) atoms. The summed E-state index contributed by atoms with van der Waals surface area (Å²) in [5, 5.41) is 17.9. The number of aliphatic hydroxyl groups excluding tert-OH is 1. The molecule has 0 bridgehead atoms. The Morgan fingerprint density at radius 2 is 2.06 bits per heavy atom. The van der Waals surface area contributed by atoms with Gasteiger partial charge in [-0.3, -0.25) is 0 Å². The van der Waals surface area contributed by atoms with Gasteiger partial charge in [0.2, 0.25) is 0 Å². The number of carbonyl (C=O) groups excluding carboxylic acids is 1. The number of carbonyl (C=O) groups is 2. The van der Waals surface area contributed by atoms with E-state index < -0.39 is 12.0 Å². The highest BCUT2D eigenvalue weighted by molar-refractivity contribution is 5.82. The van der Waals surface area contributed by atoms with E-state index in [0.29, 0.717) is 13.0 Å². The zero-order chi connectivity index (χ0) is 12.8. The molecule has 0 radical (unpaired) electrons. The van der Waals surface area contributed by atoms with Gasteiger partial charge in [-0.2, -0.15) is 0 Å². The first kappa shape index (κ1) is 13.8. The lowest BCUT2D eigenvalue weighted by Gasteiger charge is -2.31. The molecule has 98 valence electrons. The number of hydrogen-bond acceptors (Lipinski definition) is 3. The number of nitrogens with zero attached hydrogens (tertiary/aromatic N) is 2. The minimum atomic E-state index is -0.947. The minimum Gasteiger partial charge on any atom is -0.480 e. The van der Waals surface area contributed by atoms with E-state index in [9.17, 15) is 9.59 Å². The maximum absolute atomic E-state index is 12.0. The number of carboxylic acids is 1. The van der Waals surface area contributed by atoms with Crippen LogP contribution in [-0.4, -0.2) is 64.8 Å². The molecule has 1 heterocycles. The summed E-state index contributed by atoms with van der Waals surface area (Å²) in [6.45, 7) is 0.584. The van der Waals surface area contributed by atoms with Crippen molar-refractivity contribution in [1.29, 1.82) is 0 Å². The number of likely N-dealkylation sites (tertiary alicyclic amines) is 1. The Labute approximate surface area is 101 Å². The largest absolute Gasteiger partial charge is 0.480 e. The van der Waals surface area contributed by atoms with Crippen molar-refractivity contribution in [2.75, 3.05) is 26.7 Å². The molecule has 0 aromatic heterocycles. The Kier molecular flexibility index (Phi) is 5.21. The molecule has 1 fully saturated rings. The molecule has 6 nitrogen and oxygen atoms in total. The molecule has 1 aliphatic heterocycles. The molecule has 1 rings (SSSR count). The third kappa shape index (κ3) is 3.59. The zero-order valence-electron chi connectivity index (χ0n) is 10.1. The van der Waals surface area contributed by atoms with E-state index >= 15 is 0 Å². The molecule has 0 spiro atoms. The monoisotopic (exact) mass is 244 g/mol. The Morgan fingerprint density at radius 1 is 1.35 bits per heavy atom. The van der Waals surface area contributed by atoms with Crippen LogP contribution in [0.5, 0.6) is 0 Å². The van der Waals surface area contributed by atoms with Crippen molar-refractivity contribution in [3.05, 3.63) is 0 Å². The predicted molar refractivity (Wildman–Crippen MR) is 61.7 cm³/mol. The van der Waals surface area contributed by atoms with Crippen LogP contribution in [-0.2, 0) is 4.79 Å². The Hall–Kier alpha value is -1.30. The molecule has 0 aliphatic carbocycles. The van der Waals surface area contributed by atoms with E-state index in [0.717, 1.165) is 19.3 Å². The Morgan fingerprint density at radius 3 is 2.65 bits per heavy atom. The van der Waals surface area contributed by atoms with E-state index in [2.05, 4.69) is 0 Å². The fraction of sp³-hybridized carbons (Fsp3) is 0.818. The summed E-state index contributed by atoms with van der Waals surface area (Å²) >= 11 is 0. The van der Waals surface area contributed by atoms with Gasteiger partial charge in [0.05, 0.1) is 6.61 Å². The van der Waals surface area contributed by atoms with Crippen molar-refractivity contribution in [1.82, 2.24) is 9.80 Å². The molecule has 1 saturated heterocycles. The summed E-state index contributed by atoms with van der Waals surface area (Å²) in [4.78, 5) is 25.9. The molecular weight excluding hydrogens is 224 g/mol. The highest BCUT2D eigenvalue weighted by atomic mass is 16.4. The first-order valence-electron chi connectivity index (χ1n) is 5.93. The molecule has 0 aromatic carbocycles. The van der Waals surface area contributed by atoms with Crippen LogP contribution in [0.4, 0.5) is 4.79 Å². The molecule has 1 unspecified atom stereocenters. The molecule has 0 saturated carbocycles. The standard InChI is InChI=1S/C11H20N2O4/c1-12(7-8-14)11(17)13-6-4-2-3-5-9(13)10(15)16/h9,14H,2-8H2,1H3,(H,15,16). The third-order valence-electron chi connectivity index (χ3n) is 3.05. The first-order chi connectivity index (χ1) is 8.07. The number of rotatable bonds is 3. The molecule has 6 heteroatoms. The number of amides is 2. The number of hydrogen-bond donors (Lipinski definition) is 2. The third-order valence-corrected chi connectivity index (χ3v) is 3.05. The number of aliphatic hydroxyl groups is 1. The van der Waals surface area contributed by atoms with Crippen LogP contribution in [0.2, 0.25) is 0 Å². The molecule has 2 amide bonds. The smallest absolute Gasteiger partial charge is 0.326 e. The summed E-state index contributed by atoms with van der Waals surface area (Å²) < 4.78 is 0. The SMILES string of the molecule is CN(CCO)C(=O)N1CCCCCC1C(=O)O. The normalized spacial score (nSPS) is 20.8. The van der Waals surface area contributed by atoms with Crippen molar-refractivity contribution in [3.8, 4) is 0 Å². The maximum Gasteiger partial charge on any atom is 0.326 e. The summed E-state index contributed by atoms with van der Waals surface area (Å²) in [7, 11) is 1.57. The molecule has 0 aromatic rings. The van der Waals surface area contributed by atoms with Gasteiger partial charge in [0, 0.05) is 20.1 Å². The fourth-order valence-electron chi connectivity index (χ4n) is 2.06. The summed E-state index contributed by atoms with van der Waals surface area (Å²) in [5.74, 6) is -0.947. The van der Waals surface area contributed by atoms with Gasteiger partial charge >= 0.3 is 12.0 Å². The second-order valence-corrected chi connectivity index (χ2v) is 4.32. The highest BCUT2D eigenvalue weighted by Crippen LogP contribution is 2.18. The topological polar surface area (TPSA) is 81.1 Å². The van der Waals surface area contributed by atoms with Crippen LogP contribution in [0.25, 0.3) is 0 Å². The van der Waals surface area contributed by atoms with E-state index in [1.165, 1.54) is 9.80 Å². The van der Waals surface area contributed by atoms with Gasteiger partial charge in [-0.1, -0.05) is 12.8 Å². The lowest BCUT2D eigenvalue weighted by Crippen LogP contribution is -2.50. The van der Waals surface area contributed by atoms with Gasteiger partial charge in [-0.05, 0) is 12.8 Å². The van der Waals surface area contributed by atoms with Gasteiger partial charge in [0.25, 0.3) is 0 Å². The fourth-order valence-corrected chi connectivity index (χ4v) is 2.06. The second-order valence-electron chi connectivity index (χ2n) is 4.32. The number of aliphatic carboxylic acids is 1. The van der Waals surface area contributed by atoms with Crippen molar-refractivity contribution >= 4 is 12.0 Å². The van der Waals surface area contributed by atoms with Crippen molar-refractivity contribution < 1.29 is 19.8 Å². The van der Waals surface area contributed by atoms with Crippen LogP contribution in [0.15, 0.2) is 0 Å². The van der Waals surface area contributed by atoms with Gasteiger partial charge < -0.3 is 20.0 Å². The van der Waals surface area contributed by atoms with Crippen molar-refractivity contribution in [2.45, 2.75) is 31.7 Å². The highest BCUT2D eigenvalue weighted by Gasteiger charge is 2.32. The molecule has 1 aliphatic rings. The molecule has 2 N–H and O–H groups in total. The molecule has 1 atom stereocenters. The number of urea groups is 1. The second kappa shape index (κ2) is 6.44. The number of carboxylic acid groups (broad SMARTS) is 1. The average molecular weight is 244 g/mol. The van der Waals surface area contributed by atoms with Crippen LogP contribution in [0, 0.1) is 0 Å². The summed E-state index contributed by atoms with van der Waals surface area (Å²) in [5.41, 5.74) is 0. The van der Waals surface area contributed by atoms with E-state index in [-0.39, 0.29) is 19.2 Å². The zero-order valence-corrected chi connectivity index (χ0v) is 10.1. The van der Waals surface area contributed by atoms with Crippen LogP contribution in [0.1, 0.15) is 25.7 Å².